The lowest BCUT2D eigenvalue weighted by Gasteiger charge is -2.18. The molecule has 1 aliphatic rings. The summed E-state index contributed by atoms with van der Waals surface area (Å²) >= 11 is 1.48. The molecule has 0 saturated heterocycles. The number of nitrogens with two attached hydrogens (primary N) is 1. The van der Waals surface area contributed by atoms with Crippen LogP contribution in [-0.4, -0.2) is 56.3 Å². The number of aromatic nitrogens is 5. The standard InChI is InChI=1S/C19H25BN7O2PS/c1-3-6-30(28,29-4-2)7-5-27-18-16(17(21)23-11-24-18)26-19(27)31-15-8-12-13(20)9-22-10-14(12)25-15/h9-11H,3-8,20H2,1-2H3,(H2,21,23,24). The Labute approximate surface area is 186 Å². The van der Waals surface area contributed by atoms with Crippen LogP contribution < -0.4 is 11.2 Å². The van der Waals surface area contributed by atoms with Gasteiger partial charge >= 0.3 is 0 Å². The van der Waals surface area contributed by atoms with Gasteiger partial charge in [0, 0.05) is 31.5 Å². The molecule has 2 N–H and O–H groups in total. The first-order valence-corrected chi connectivity index (χ1v) is 13.1. The molecule has 4 rings (SSSR count). The smallest absolute Gasteiger partial charge is 0.204 e. The van der Waals surface area contributed by atoms with Gasteiger partial charge in [-0.2, -0.15) is 0 Å². The number of nitrogens with zero attached hydrogens (tertiary/aromatic N) is 6. The lowest BCUT2D eigenvalue weighted by Crippen LogP contribution is -2.12. The summed E-state index contributed by atoms with van der Waals surface area (Å²) in [6, 6.07) is 0. The van der Waals surface area contributed by atoms with Crippen LogP contribution in [-0.2, 0) is 22.1 Å². The number of thioether (sulfide) groups is 1. The van der Waals surface area contributed by atoms with Gasteiger partial charge in [-0.3, -0.25) is 9.55 Å². The molecule has 1 unspecified atom stereocenters. The molecule has 1 atom stereocenters. The van der Waals surface area contributed by atoms with Crippen LogP contribution in [0.3, 0.4) is 0 Å². The summed E-state index contributed by atoms with van der Waals surface area (Å²) in [7, 11) is -0.690. The molecule has 31 heavy (non-hydrogen) atoms. The van der Waals surface area contributed by atoms with E-state index in [1.54, 1.807) is 6.20 Å². The van der Waals surface area contributed by atoms with Crippen LogP contribution in [0, 0.1) is 0 Å². The fourth-order valence-electron chi connectivity index (χ4n) is 3.68. The van der Waals surface area contributed by atoms with Crippen LogP contribution in [0.2, 0.25) is 0 Å². The third-order valence-corrected chi connectivity index (χ3v) is 8.85. The Kier molecular flexibility index (Phi) is 6.45. The van der Waals surface area contributed by atoms with Gasteiger partial charge in [0.15, 0.2) is 22.1 Å². The van der Waals surface area contributed by atoms with Crippen LogP contribution in [0.4, 0.5) is 11.5 Å². The summed E-state index contributed by atoms with van der Waals surface area (Å²) in [5.74, 6) is 0.323. The van der Waals surface area contributed by atoms with E-state index in [2.05, 4.69) is 15.0 Å². The Morgan fingerprint density at radius 2 is 2.13 bits per heavy atom. The highest BCUT2D eigenvalue weighted by Gasteiger charge is 2.25. The van der Waals surface area contributed by atoms with Gasteiger partial charge in [-0.15, -0.1) is 0 Å². The average molecular weight is 457 g/mol. The fourth-order valence-corrected chi connectivity index (χ4v) is 6.81. The van der Waals surface area contributed by atoms with E-state index in [1.807, 2.05) is 32.5 Å². The summed E-state index contributed by atoms with van der Waals surface area (Å²) in [5, 5.41) is 1.63. The summed E-state index contributed by atoms with van der Waals surface area (Å²) < 4.78 is 20.8. The number of hydrogen-bond donors (Lipinski definition) is 1. The second-order valence-electron chi connectivity index (χ2n) is 7.40. The third-order valence-electron chi connectivity index (χ3n) is 5.15. The second kappa shape index (κ2) is 9.10. The summed E-state index contributed by atoms with van der Waals surface area (Å²) in [5.41, 5.74) is 10.4. The van der Waals surface area contributed by atoms with E-state index < -0.39 is 7.37 Å². The largest absolute Gasteiger partial charge is 0.382 e. The van der Waals surface area contributed by atoms with Crippen molar-refractivity contribution < 1.29 is 9.09 Å². The van der Waals surface area contributed by atoms with Gasteiger partial charge in [0.2, 0.25) is 7.37 Å². The first kappa shape index (κ1) is 22.0. The monoisotopic (exact) mass is 457 g/mol. The first-order valence-electron chi connectivity index (χ1n) is 10.3. The number of pyridine rings is 1. The summed E-state index contributed by atoms with van der Waals surface area (Å²) in [4.78, 5) is 22.1. The fraction of sp³-hybridized carbons (Fsp3) is 0.421. The van der Waals surface area contributed by atoms with Crippen molar-refractivity contribution in [1.82, 2.24) is 24.5 Å². The van der Waals surface area contributed by atoms with Crippen LogP contribution in [0.25, 0.3) is 11.2 Å². The molecule has 1 aliphatic heterocycles. The number of rotatable bonds is 8. The minimum absolute atomic E-state index is 0.323. The first-order chi connectivity index (χ1) is 14.9. The molecule has 12 heteroatoms. The van der Waals surface area contributed by atoms with Crippen LogP contribution in [0.5, 0.6) is 0 Å². The molecule has 0 bridgehead atoms. The molecule has 4 heterocycles. The van der Waals surface area contributed by atoms with Crippen molar-refractivity contribution in [3.05, 3.63) is 24.3 Å². The van der Waals surface area contributed by atoms with Gasteiger partial charge in [-0.05, 0) is 30.7 Å². The SMILES string of the molecule is Bc1cncc2c1CC(Sc1nc3c(N)ncnc3n1CCP(=O)(CCC)OCC)=N2. The molecule has 0 aliphatic carbocycles. The Hall–Kier alpha value is -2.23. The number of aryl methyl sites for hydroxylation is 1. The van der Waals surface area contributed by atoms with Gasteiger partial charge < -0.3 is 14.8 Å². The minimum atomic E-state index is -2.73. The summed E-state index contributed by atoms with van der Waals surface area (Å²) in [6.45, 7) is 4.78. The van der Waals surface area contributed by atoms with Crippen LogP contribution in [0.15, 0.2) is 28.9 Å². The van der Waals surface area contributed by atoms with Crippen molar-refractivity contribution in [3.8, 4) is 0 Å². The number of imidazole rings is 1. The van der Waals surface area contributed by atoms with E-state index >= 15 is 0 Å². The average Bonchev–Trinajstić information content (AvgIpc) is 3.30. The molecule has 0 aromatic carbocycles. The minimum Gasteiger partial charge on any atom is -0.382 e. The lowest BCUT2D eigenvalue weighted by molar-refractivity contribution is 0.331. The van der Waals surface area contributed by atoms with E-state index in [1.165, 1.54) is 23.7 Å². The van der Waals surface area contributed by atoms with Gasteiger partial charge in [-0.25, -0.2) is 19.9 Å². The highest BCUT2D eigenvalue weighted by molar-refractivity contribution is 8.13. The summed E-state index contributed by atoms with van der Waals surface area (Å²) in [6.07, 6.45) is 7.57. The molecule has 0 saturated carbocycles. The zero-order chi connectivity index (χ0) is 22.0. The number of anilines is 1. The molecule has 0 fully saturated rings. The van der Waals surface area contributed by atoms with Crippen molar-refractivity contribution in [2.75, 3.05) is 24.7 Å². The van der Waals surface area contributed by atoms with E-state index in [9.17, 15) is 4.57 Å². The van der Waals surface area contributed by atoms with Crippen molar-refractivity contribution in [3.63, 3.8) is 0 Å². The van der Waals surface area contributed by atoms with Crippen molar-refractivity contribution in [2.24, 2.45) is 4.99 Å². The Morgan fingerprint density at radius 1 is 1.29 bits per heavy atom. The van der Waals surface area contributed by atoms with E-state index in [-0.39, 0.29) is 0 Å². The maximum absolute atomic E-state index is 13.2. The van der Waals surface area contributed by atoms with Crippen molar-refractivity contribution >= 4 is 60.2 Å². The molecule has 162 valence electrons. The molecular weight excluding hydrogens is 432 g/mol. The van der Waals surface area contributed by atoms with Gasteiger partial charge in [0.25, 0.3) is 0 Å². The molecule has 9 nitrogen and oxygen atoms in total. The molecule has 3 aromatic heterocycles. The molecule has 0 radical (unpaired) electrons. The van der Waals surface area contributed by atoms with E-state index in [0.29, 0.717) is 47.6 Å². The van der Waals surface area contributed by atoms with Crippen LogP contribution in [0.1, 0.15) is 25.8 Å². The maximum Gasteiger partial charge on any atom is 0.204 e. The molecule has 3 aromatic rings. The quantitative estimate of drug-likeness (QED) is 0.404. The Bertz CT molecular complexity index is 1190. The normalized spacial score (nSPS) is 15.1. The number of nitrogen functional groups attached to an aromatic ring is 1. The predicted octanol–water partition coefficient (Wildman–Crippen LogP) is 2.16. The van der Waals surface area contributed by atoms with E-state index in [0.717, 1.165) is 29.0 Å². The Balaban J connectivity index is 1.65. The van der Waals surface area contributed by atoms with Gasteiger partial charge in [-0.1, -0.05) is 12.4 Å². The topological polar surface area (TPSA) is 121 Å². The molecule has 0 spiro atoms. The Morgan fingerprint density at radius 3 is 2.87 bits per heavy atom. The second-order valence-corrected chi connectivity index (χ2v) is 11.2. The van der Waals surface area contributed by atoms with Gasteiger partial charge in [0.1, 0.15) is 14.2 Å². The van der Waals surface area contributed by atoms with Gasteiger partial charge in [0.05, 0.1) is 23.5 Å². The third kappa shape index (κ3) is 4.54. The zero-order valence-electron chi connectivity index (χ0n) is 17.9. The predicted molar refractivity (Wildman–Crippen MR) is 128 cm³/mol. The van der Waals surface area contributed by atoms with Crippen molar-refractivity contribution in [1.29, 1.82) is 0 Å². The number of fused-ring (bicyclic) bond motifs is 2. The highest BCUT2D eigenvalue weighted by Crippen LogP contribution is 2.47. The maximum atomic E-state index is 13.2. The number of aliphatic imine (C=N–C) groups is 1. The lowest BCUT2D eigenvalue weighted by atomic mass is 9.91. The zero-order valence-corrected chi connectivity index (χ0v) is 19.6. The van der Waals surface area contributed by atoms with E-state index in [4.69, 9.17) is 20.2 Å². The highest BCUT2D eigenvalue weighted by atomic mass is 32.2. The number of hydrogen-bond acceptors (Lipinski definition) is 9. The molecule has 0 amide bonds. The van der Waals surface area contributed by atoms with Crippen LogP contribution >= 0.6 is 19.1 Å². The molecular formula is C19H25BN7O2PS. The van der Waals surface area contributed by atoms with Crippen molar-refractivity contribution in [2.45, 2.75) is 38.4 Å².